The van der Waals surface area contributed by atoms with Crippen LogP contribution in [-0.4, -0.2) is 47.8 Å². The highest BCUT2D eigenvalue weighted by Gasteiger charge is 2.51. The maximum Gasteiger partial charge on any atom is 0.325 e. The fourth-order valence-corrected chi connectivity index (χ4v) is 2.92. The third-order valence-corrected chi connectivity index (χ3v) is 4.61. The van der Waals surface area contributed by atoms with Gasteiger partial charge < -0.3 is 10.2 Å². The topological polar surface area (TPSA) is 69.7 Å². The van der Waals surface area contributed by atoms with Crippen LogP contribution in [-0.2, 0) is 15.1 Å². The van der Waals surface area contributed by atoms with Crippen LogP contribution in [0.2, 0.25) is 0 Å². The van der Waals surface area contributed by atoms with Crippen LogP contribution in [0.1, 0.15) is 38.7 Å². The molecule has 25 heavy (non-hydrogen) atoms. The molecule has 0 radical (unpaired) electrons. The second kappa shape index (κ2) is 7.63. The monoisotopic (exact) mass is 349 g/mol. The predicted molar refractivity (Wildman–Crippen MR) is 91.2 cm³/mol. The third kappa shape index (κ3) is 3.65. The second-order valence-corrected chi connectivity index (χ2v) is 6.26. The van der Waals surface area contributed by atoms with E-state index in [9.17, 15) is 18.8 Å². The Morgan fingerprint density at radius 1 is 1.24 bits per heavy atom. The lowest BCUT2D eigenvalue weighted by molar-refractivity contribution is -0.138. The minimum atomic E-state index is -1.26. The van der Waals surface area contributed by atoms with Crippen LogP contribution in [0, 0.1) is 5.82 Å². The summed E-state index contributed by atoms with van der Waals surface area (Å²) in [5.41, 5.74) is -0.753. The molecule has 0 unspecified atom stereocenters. The first-order chi connectivity index (χ1) is 11.9. The van der Waals surface area contributed by atoms with Crippen LogP contribution < -0.4 is 5.32 Å². The van der Waals surface area contributed by atoms with Gasteiger partial charge in [-0.05, 0) is 30.5 Å². The molecule has 1 aliphatic rings. The lowest BCUT2D eigenvalue weighted by atomic mass is 9.87. The van der Waals surface area contributed by atoms with Crippen molar-refractivity contribution in [3.8, 4) is 0 Å². The van der Waals surface area contributed by atoms with Crippen molar-refractivity contribution in [3.63, 3.8) is 0 Å². The number of carbonyl (C=O) groups is 3. The predicted octanol–water partition coefficient (Wildman–Crippen LogP) is 2.24. The molecule has 2 rings (SSSR count). The molecule has 6 nitrogen and oxygen atoms in total. The molecule has 0 aromatic heterocycles. The van der Waals surface area contributed by atoms with Crippen LogP contribution in [0.3, 0.4) is 0 Å². The average Bonchev–Trinajstić information content (AvgIpc) is 2.85. The maximum absolute atomic E-state index is 13.2. The fraction of sp³-hybridized carbons (Fsp3) is 0.500. The highest BCUT2D eigenvalue weighted by atomic mass is 19.1. The van der Waals surface area contributed by atoms with E-state index in [1.54, 1.807) is 14.0 Å². The molecule has 7 heteroatoms. The Labute approximate surface area is 147 Å². The number of hydrogen-bond donors (Lipinski definition) is 1. The van der Waals surface area contributed by atoms with E-state index in [-0.39, 0.29) is 12.5 Å². The Kier molecular flexibility index (Phi) is 5.77. The molecule has 0 saturated carbocycles. The number of nitrogens with zero attached hydrogens (tertiary/aromatic N) is 2. The second-order valence-electron chi connectivity index (χ2n) is 6.26. The Hall–Kier alpha value is -2.44. The summed E-state index contributed by atoms with van der Waals surface area (Å²) in [4.78, 5) is 40.0. The summed E-state index contributed by atoms with van der Waals surface area (Å²) in [6, 6.07) is 4.86. The summed E-state index contributed by atoms with van der Waals surface area (Å²) in [7, 11) is 1.66. The van der Waals surface area contributed by atoms with E-state index in [0.717, 1.165) is 17.7 Å². The van der Waals surface area contributed by atoms with Crippen molar-refractivity contribution < 1.29 is 18.8 Å². The number of rotatable bonds is 7. The Morgan fingerprint density at radius 2 is 1.88 bits per heavy atom. The van der Waals surface area contributed by atoms with Gasteiger partial charge >= 0.3 is 6.03 Å². The summed E-state index contributed by atoms with van der Waals surface area (Å²) in [5.74, 6) is -1.19. The van der Waals surface area contributed by atoms with Gasteiger partial charge in [-0.2, -0.15) is 0 Å². The molecule has 1 heterocycles. The van der Waals surface area contributed by atoms with Gasteiger partial charge in [0, 0.05) is 13.6 Å². The van der Waals surface area contributed by atoms with Crippen molar-refractivity contribution in [1.29, 1.82) is 0 Å². The number of unbranched alkanes of at least 4 members (excludes halogenated alkanes) is 1. The summed E-state index contributed by atoms with van der Waals surface area (Å²) in [6.45, 7) is 4.07. The Balaban J connectivity index is 2.20. The lowest BCUT2D eigenvalue weighted by Crippen LogP contribution is -2.45. The molecule has 0 aliphatic carbocycles. The normalized spacial score (nSPS) is 19.9. The average molecular weight is 349 g/mol. The first kappa shape index (κ1) is 18.9. The van der Waals surface area contributed by atoms with Gasteiger partial charge in [0.25, 0.3) is 5.91 Å². The number of hydrogen-bond acceptors (Lipinski definition) is 3. The van der Waals surface area contributed by atoms with Crippen LogP contribution in [0.4, 0.5) is 9.18 Å². The Morgan fingerprint density at radius 3 is 2.44 bits per heavy atom. The summed E-state index contributed by atoms with van der Waals surface area (Å²) in [5, 5.41) is 2.68. The van der Waals surface area contributed by atoms with E-state index in [1.807, 2.05) is 6.92 Å². The molecule has 1 atom stereocenters. The number of carbonyl (C=O) groups excluding carboxylic acids is 3. The zero-order chi connectivity index (χ0) is 18.6. The zero-order valence-corrected chi connectivity index (χ0v) is 14.8. The molecule has 1 fully saturated rings. The Bertz CT molecular complexity index is 662. The van der Waals surface area contributed by atoms with Crippen molar-refractivity contribution in [2.45, 2.75) is 38.6 Å². The number of urea groups is 1. The quantitative estimate of drug-likeness (QED) is 0.768. The molecule has 1 saturated heterocycles. The van der Waals surface area contributed by atoms with Gasteiger partial charge in [0.1, 0.15) is 17.9 Å². The van der Waals surface area contributed by atoms with E-state index in [4.69, 9.17) is 0 Å². The number of nitrogens with one attached hydrogen (secondary N) is 1. The lowest BCUT2D eigenvalue weighted by Gasteiger charge is -2.26. The van der Waals surface area contributed by atoms with Crippen LogP contribution >= 0.6 is 0 Å². The number of likely N-dealkylation sites (N-methyl/N-ethyl adjacent to an activating group) is 1. The smallest absolute Gasteiger partial charge is 0.325 e. The molecule has 1 aromatic carbocycles. The van der Waals surface area contributed by atoms with Crippen molar-refractivity contribution in [2.24, 2.45) is 0 Å². The van der Waals surface area contributed by atoms with Crippen molar-refractivity contribution >= 4 is 17.8 Å². The summed E-state index contributed by atoms with van der Waals surface area (Å²) in [6.07, 6.45) is 2.11. The minimum Gasteiger partial charge on any atom is -0.344 e. The molecule has 1 aromatic rings. The first-order valence-corrected chi connectivity index (χ1v) is 8.49. The van der Waals surface area contributed by atoms with E-state index in [1.165, 1.54) is 29.2 Å². The third-order valence-electron chi connectivity index (χ3n) is 4.61. The van der Waals surface area contributed by atoms with Gasteiger partial charge in [0.05, 0.1) is 0 Å². The van der Waals surface area contributed by atoms with Gasteiger partial charge in [0.15, 0.2) is 0 Å². The fourth-order valence-electron chi connectivity index (χ4n) is 2.92. The van der Waals surface area contributed by atoms with E-state index in [0.29, 0.717) is 18.5 Å². The highest BCUT2D eigenvalue weighted by Crippen LogP contribution is 2.32. The van der Waals surface area contributed by atoms with Crippen LogP contribution in [0.25, 0.3) is 0 Å². The largest absolute Gasteiger partial charge is 0.344 e. The number of amides is 4. The first-order valence-electron chi connectivity index (χ1n) is 8.49. The van der Waals surface area contributed by atoms with Gasteiger partial charge in [0.2, 0.25) is 5.91 Å². The molecular formula is C18H24FN3O3. The van der Waals surface area contributed by atoms with Gasteiger partial charge in [-0.1, -0.05) is 32.4 Å². The summed E-state index contributed by atoms with van der Waals surface area (Å²) < 4.78 is 13.2. The van der Waals surface area contributed by atoms with E-state index < -0.39 is 23.3 Å². The molecule has 0 spiro atoms. The maximum atomic E-state index is 13.2. The van der Waals surface area contributed by atoms with Gasteiger partial charge in [-0.3, -0.25) is 14.5 Å². The van der Waals surface area contributed by atoms with E-state index in [2.05, 4.69) is 5.32 Å². The SMILES string of the molecule is CCCCN(C)C(=O)CN1C(=O)N[C@@](CC)(c2ccc(F)cc2)C1=O. The van der Waals surface area contributed by atoms with Crippen LogP contribution in [0.5, 0.6) is 0 Å². The van der Waals surface area contributed by atoms with Crippen molar-refractivity contribution in [1.82, 2.24) is 15.1 Å². The molecule has 1 N–H and O–H groups in total. The number of halogens is 1. The van der Waals surface area contributed by atoms with E-state index >= 15 is 0 Å². The molecule has 4 amide bonds. The zero-order valence-electron chi connectivity index (χ0n) is 14.8. The molecule has 136 valence electrons. The van der Waals surface area contributed by atoms with Gasteiger partial charge in [-0.25, -0.2) is 9.18 Å². The highest BCUT2D eigenvalue weighted by molar-refractivity contribution is 6.09. The van der Waals surface area contributed by atoms with Crippen LogP contribution in [0.15, 0.2) is 24.3 Å². The number of imide groups is 1. The number of benzene rings is 1. The summed E-state index contributed by atoms with van der Waals surface area (Å²) >= 11 is 0. The van der Waals surface area contributed by atoms with Crippen molar-refractivity contribution in [2.75, 3.05) is 20.1 Å². The molecule has 0 bridgehead atoms. The van der Waals surface area contributed by atoms with Gasteiger partial charge in [-0.15, -0.1) is 0 Å². The standard InChI is InChI=1S/C18H24FN3O3/c1-4-6-11-21(3)15(23)12-22-16(24)18(5-2,20-17(22)25)13-7-9-14(19)10-8-13/h7-10H,4-6,11-12H2,1-3H3,(H,20,25)/t18-/m0/s1. The molecular weight excluding hydrogens is 325 g/mol. The molecule has 1 aliphatic heterocycles. The minimum absolute atomic E-state index is 0.289. The van der Waals surface area contributed by atoms with Crippen molar-refractivity contribution in [3.05, 3.63) is 35.6 Å².